The Morgan fingerprint density at radius 3 is 1.58 bits per heavy atom. The third kappa shape index (κ3) is 2.86. The fourth-order valence-electron chi connectivity index (χ4n) is 3.41. The van der Waals surface area contributed by atoms with Crippen LogP contribution in [0.25, 0.3) is 22.1 Å². The van der Waals surface area contributed by atoms with Gasteiger partial charge in [-0.1, -0.05) is 48.5 Å². The summed E-state index contributed by atoms with van der Waals surface area (Å²) in [7, 11) is 0. The van der Waals surface area contributed by atoms with Crippen molar-refractivity contribution in [1.29, 1.82) is 0 Å². The highest BCUT2D eigenvalue weighted by molar-refractivity contribution is 5.75. The van der Waals surface area contributed by atoms with E-state index in [9.17, 15) is 0 Å². The Labute approximate surface area is 150 Å². The Balaban J connectivity index is 1.39. The van der Waals surface area contributed by atoms with Crippen molar-refractivity contribution in [3.05, 3.63) is 95.6 Å². The maximum Gasteiger partial charge on any atom is 0.111 e. The van der Waals surface area contributed by atoms with E-state index in [0.717, 1.165) is 46.6 Å². The molecule has 0 aliphatic carbocycles. The maximum atomic E-state index is 4.68. The molecule has 0 bridgehead atoms. The SMILES string of the molecule is c1cc(Cc2nc3ccccc3[nH]2)cc(Cc2nc3ccccc3[nH]2)c1. The number of imidazole rings is 2. The molecule has 0 spiro atoms. The summed E-state index contributed by atoms with van der Waals surface area (Å²) in [6.45, 7) is 0. The van der Waals surface area contributed by atoms with E-state index in [1.807, 2.05) is 36.4 Å². The fourth-order valence-corrected chi connectivity index (χ4v) is 3.41. The molecule has 2 heterocycles. The minimum atomic E-state index is 0.794. The van der Waals surface area contributed by atoms with Gasteiger partial charge in [-0.3, -0.25) is 0 Å². The molecule has 0 fully saturated rings. The van der Waals surface area contributed by atoms with Crippen LogP contribution in [0.4, 0.5) is 0 Å². The maximum absolute atomic E-state index is 4.68. The summed E-state index contributed by atoms with van der Waals surface area (Å²) >= 11 is 0. The van der Waals surface area contributed by atoms with Crippen molar-refractivity contribution in [2.45, 2.75) is 12.8 Å². The second-order valence-corrected chi connectivity index (χ2v) is 6.57. The minimum absolute atomic E-state index is 0.794. The van der Waals surface area contributed by atoms with Crippen LogP contribution in [0.2, 0.25) is 0 Å². The molecule has 4 nitrogen and oxygen atoms in total. The van der Waals surface area contributed by atoms with Gasteiger partial charge in [-0.2, -0.15) is 0 Å². The molecule has 0 radical (unpaired) electrons. The van der Waals surface area contributed by atoms with Gasteiger partial charge in [0.2, 0.25) is 0 Å². The predicted molar refractivity (Wildman–Crippen MR) is 104 cm³/mol. The molecule has 0 aliphatic heterocycles. The monoisotopic (exact) mass is 338 g/mol. The van der Waals surface area contributed by atoms with Crippen molar-refractivity contribution in [2.24, 2.45) is 0 Å². The number of para-hydroxylation sites is 4. The van der Waals surface area contributed by atoms with Gasteiger partial charge in [0, 0.05) is 12.8 Å². The third-order valence-corrected chi connectivity index (χ3v) is 4.61. The summed E-state index contributed by atoms with van der Waals surface area (Å²) in [5.74, 6) is 1.99. The lowest BCUT2D eigenvalue weighted by molar-refractivity contribution is 1.01. The van der Waals surface area contributed by atoms with Gasteiger partial charge in [0.15, 0.2) is 0 Å². The van der Waals surface area contributed by atoms with Crippen molar-refractivity contribution in [1.82, 2.24) is 19.9 Å². The van der Waals surface area contributed by atoms with E-state index in [4.69, 9.17) is 0 Å². The van der Waals surface area contributed by atoms with Crippen LogP contribution < -0.4 is 0 Å². The third-order valence-electron chi connectivity index (χ3n) is 4.61. The van der Waals surface area contributed by atoms with Crippen molar-refractivity contribution in [2.75, 3.05) is 0 Å². The summed E-state index contributed by atoms with van der Waals surface area (Å²) in [6.07, 6.45) is 1.59. The quantitative estimate of drug-likeness (QED) is 0.502. The molecule has 3 aromatic carbocycles. The predicted octanol–water partition coefficient (Wildman–Crippen LogP) is 4.62. The molecule has 126 valence electrons. The summed E-state index contributed by atoms with van der Waals surface area (Å²) in [6, 6.07) is 24.9. The summed E-state index contributed by atoms with van der Waals surface area (Å²) in [4.78, 5) is 16.2. The molecule has 26 heavy (non-hydrogen) atoms. The number of rotatable bonds is 4. The zero-order chi connectivity index (χ0) is 17.3. The number of aromatic amines is 2. The Morgan fingerprint density at radius 1 is 0.577 bits per heavy atom. The van der Waals surface area contributed by atoms with Gasteiger partial charge in [-0.25, -0.2) is 9.97 Å². The van der Waals surface area contributed by atoms with Gasteiger partial charge in [0.05, 0.1) is 22.1 Å². The Hall–Kier alpha value is -3.40. The Kier molecular flexibility index (Phi) is 3.53. The zero-order valence-corrected chi connectivity index (χ0v) is 14.2. The van der Waals surface area contributed by atoms with Crippen molar-refractivity contribution in [3.8, 4) is 0 Å². The molecule has 0 atom stereocenters. The lowest BCUT2D eigenvalue weighted by atomic mass is 10.1. The van der Waals surface area contributed by atoms with Gasteiger partial charge in [-0.05, 0) is 35.4 Å². The number of hydrogen-bond acceptors (Lipinski definition) is 2. The van der Waals surface area contributed by atoms with Crippen molar-refractivity contribution >= 4 is 22.1 Å². The first-order valence-corrected chi connectivity index (χ1v) is 8.78. The topological polar surface area (TPSA) is 57.4 Å². The number of nitrogens with zero attached hydrogens (tertiary/aromatic N) is 2. The number of nitrogens with one attached hydrogen (secondary N) is 2. The second kappa shape index (κ2) is 6.15. The number of hydrogen-bond donors (Lipinski definition) is 2. The van der Waals surface area contributed by atoms with Gasteiger partial charge in [0.1, 0.15) is 11.6 Å². The largest absolute Gasteiger partial charge is 0.342 e. The number of benzene rings is 3. The molecule has 0 unspecified atom stereocenters. The average molecular weight is 338 g/mol. The number of H-pyrrole nitrogens is 2. The summed E-state index contributed by atoms with van der Waals surface area (Å²) < 4.78 is 0. The van der Waals surface area contributed by atoms with Crippen LogP contribution >= 0.6 is 0 Å². The van der Waals surface area contributed by atoms with E-state index in [-0.39, 0.29) is 0 Å². The molecule has 2 N–H and O–H groups in total. The van der Waals surface area contributed by atoms with Crippen molar-refractivity contribution < 1.29 is 0 Å². The molecule has 0 amide bonds. The number of aromatic nitrogens is 4. The normalized spacial score (nSPS) is 11.4. The van der Waals surface area contributed by atoms with Gasteiger partial charge >= 0.3 is 0 Å². The van der Waals surface area contributed by atoms with Gasteiger partial charge in [-0.15, -0.1) is 0 Å². The van der Waals surface area contributed by atoms with Crippen LogP contribution in [-0.2, 0) is 12.8 Å². The smallest absolute Gasteiger partial charge is 0.111 e. The lowest BCUT2D eigenvalue weighted by Crippen LogP contribution is -1.95. The van der Waals surface area contributed by atoms with E-state index in [2.05, 4.69) is 56.3 Å². The molecular formula is C22H18N4. The Bertz CT molecular complexity index is 1040. The fraction of sp³-hybridized carbons (Fsp3) is 0.0909. The summed E-state index contributed by atoms with van der Waals surface area (Å²) in [5.41, 5.74) is 6.69. The standard InChI is InChI=1S/C22H18N4/c1-2-9-18-17(8-1)23-21(24-18)13-15-6-5-7-16(12-15)14-22-25-19-10-3-4-11-20(19)26-22/h1-12H,13-14H2,(H,23,24)(H,25,26). The highest BCUT2D eigenvalue weighted by Crippen LogP contribution is 2.17. The lowest BCUT2D eigenvalue weighted by Gasteiger charge is -2.03. The second-order valence-electron chi connectivity index (χ2n) is 6.57. The van der Waals surface area contributed by atoms with E-state index in [1.165, 1.54) is 11.1 Å². The molecular weight excluding hydrogens is 320 g/mol. The first-order chi connectivity index (χ1) is 12.8. The van der Waals surface area contributed by atoms with Crippen LogP contribution in [0.5, 0.6) is 0 Å². The zero-order valence-electron chi connectivity index (χ0n) is 14.2. The molecule has 0 saturated heterocycles. The minimum Gasteiger partial charge on any atom is -0.342 e. The highest BCUT2D eigenvalue weighted by atomic mass is 14.9. The van der Waals surface area contributed by atoms with E-state index >= 15 is 0 Å². The molecule has 0 saturated carbocycles. The first-order valence-electron chi connectivity index (χ1n) is 8.78. The molecule has 4 heteroatoms. The van der Waals surface area contributed by atoms with E-state index in [0.29, 0.717) is 0 Å². The van der Waals surface area contributed by atoms with E-state index in [1.54, 1.807) is 0 Å². The van der Waals surface area contributed by atoms with Crippen molar-refractivity contribution in [3.63, 3.8) is 0 Å². The molecule has 5 rings (SSSR count). The summed E-state index contributed by atoms with van der Waals surface area (Å²) in [5, 5.41) is 0. The van der Waals surface area contributed by atoms with Crippen LogP contribution in [0, 0.1) is 0 Å². The van der Waals surface area contributed by atoms with Gasteiger partial charge < -0.3 is 9.97 Å². The van der Waals surface area contributed by atoms with Crippen LogP contribution in [0.1, 0.15) is 22.8 Å². The molecule has 5 aromatic rings. The molecule has 0 aliphatic rings. The van der Waals surface area contributed by atoms with E-state index < -0.39 is 0 Å². The Morgan fingerprint density at radius 2 is 1.08 bits per heavy atom. The van der Waals surface area contributed by atoms with Gasteiger partial charge in [0.25, 0.3) is 0 Å². The first kappa shape index (κ1) is 14.9. The highest BCUT2D eigenvalue weighted by Gasteiger charge is 2.06. The number of fused-ring (bicyclic) bond motifs is 2. The van der Waals surface area contributed by atoms with Crippen LogP contribution in [0.15, 0.2) is 72.8 Å². The van der Waals surface area contributed by atoms with Crippen LogP contribution in [0.3, 0.4) is 0 Å². The van der Waals surface area contributed by atoms with Crippen LogP contribution in [-0.4, -0.2) is 19.9 Å². The molecule has 2 aromatic heterocycles. The average Bonchev–Trinajstić information content (AvgIpc) is 3.24.